The zero-order valence-electron chi connectivity index (χ0n) is 12.2. The molecule has 0 saturated carbocycles. The van der Waals surface area contributed by atoms with E-state index in [1.165, 1.54) is 13.3 Å². The number of fused-ring (bicyclic) bond motifs is 3. The Morgan fingerprint density at radius 3 is 2.77 bits per heavy atom. The van der Waals surface area contributed by atoms with Gasteiger partial charge in [-0.1, -0.05) is 0 Å². The highest BCUT2D eigenvalue weighted by atomic mass is 16.5. The summed E-state index contributed by atoms with van der Waals surface area (Å²) < 4.78 is 5.22. The molecule has 0 aromatic carbocycles. The summed E-state index contributed by atoms with van der Waals surface area (Å²) in [5, 5.41) is 10.7. The Kier molecular flexibility index (Phi) is 3.05. The molecule has 3 aromatic heterocycles. The number of carbonyl (C=O) groups is 1. The van der Waals surface area contributed by atoms with E-state index >= 15 is 0 Å². The predicted octanol–water partition coefficient (Wildman–Crippen LogP) is 1.59. The fourth-order valence-electron chi connectivity index (χ4n) is 2.67. The quantitative estimate of drug-likeness (QED) is 0.416. The number of hydrogen-bond acceptors (Lipinski definition) is 6. The van der Waals surface area contributed by atoms with E-state index in [4.69, 9.17) is 4.74 Å². The molecule has 0 unspecified atom stereocenters. The van der Waals surface area contributed by atoms with E-state index in [0.29, 0.717) is 26.9 Å². The first-order valence-electron chi connectivity index (χ1n) is 6.55. The number of pyridine rings is 3. The third kappa shape index (κ3) is 1.75. The number of hydrogen-bond donors (Lipinski definition) is 1. The molecule has 0 fully saturated rings. The second kappa shape index (κ2) is 4.80. The van der Waals surface area contributed by atoms with Crippen molar-refractivity contribution in [3.63, 3.8) is 0 Å². The SMILES string of the molecule is COC(=O)c1c(C)nc2c(c1C)c(=O)n(O)c1ncccc21. The van der Waals surface area contributed by atoms with Crippen LogP contribution in [0.5, 0.6) is 0 Å². The second-order valence-corrected chi connectivity index (χ2v) is 4.90. The van der Waals surface area contributed by atoms with Crippen molar-refractivity contribution in [2.24, 2.45) is 0 Å². The van der Waals surface area contributed by atoms with Crippen LogP contribution in [0.3, 0.4) is 0 Å². The van der Waals surface area contributed by atoms with Gasteiger partial charge in [0.05, 0.1) is 29.3 Å². The maximum absolute atomic E-state index is 12.4. The normalized spacial score (nSPS) is 11.0. The van der Waals surface area contributed by atoms with Crippen molar-refractivity contribution in [1.82, 2.24) is 14.7 Å². The Morgan fingerprint density at radius 2 is 2.09 bits per heavy atom. The van der Waals surface area contributed by atoms with Gasteiger partial charge >= 0.3 is 5.97 Å². The van der Waals surface area contributed by atoms with Crippen molar-refractivity contribution in [2.75, 3.05) is 7.11 Å². The van der Waals surface area contributed by atoms with Gasteiger partial charge in [-0.25, -0.2) is 9.78 Å². The number of aryl methyl sites for hydroxylation is 2. The van der Waals surface area contributed by atoms with Crippen molar-refractivity contribution < 1.29 is 14.7 Å². The minimum absolute atomic E-state index is 0.122. The fraction of sp³-hybridized carbons (Fsp3) is 0.200. The van der Waals surface area contributed by atoms with Gasteiger partial charge in [0.15, 0.2) is 5.65 Å². The summed E-state index contributed by atoms with van der Waals surface area (Å²) in [5.74, 6) is -0.570. The molecule has 0 aliphatic rings. The Hall–Kier alpha value is -2.96. The van der Waals surface area contributed by atoms with Crippen molar-refractivity contribution >= 4 is 27.9 Å². The fourth-order valence-corrected chi connectivity index (χ4v) is 2.67. The minimum Gasteiger partial charge on any atom is -0.465 e. The molecule has 0 saturated heterocycles. The average molecular weight is 299 g/mol. The molecule has 0 atom stereocenters. The average Bonchev–Trinajstić information content (AvgIpc) is 2.51. The Bertz CT molecular complexity index is 992. The lowest BCUT2D eigenvalue weighted by Gasteiger charge is -2.12. The maximum atomic E-state index is 12.4. The lowest BCUT2D eigenvalue weighted by Crippen LogP contribution is -2.22. The molecule has 3 aromatic rings. The standard InChI is InChI=1S/C15H13N3O4/c1-7-10(15(20)22-3)8(2)17-12-9-5-4-6-16-13(9)18(21)14(19)11(7)12/h4-6,21H,1-3H3. The number of ether oxygens (including phenoxy) is 1. The van der Waals surface area contributed by atoms with Gasteiger partial charge in [0, 0.05) is 11.6 Å². The van der Waals surface area contributed by atoms with Gasteiger partial charge in [-0.3, -0.25) is 9.78 Å². The van der Waals surface area contributed by atoms with Crippen LogP contribution in [0.2, 0.25) is 0 Å². The molecule has 0 aliphatic heterocycles. The number of methoxy groups -OCH3 is 1. The largest absolute Gasteiger partial charge is 0.465 e. The molecule has 7 heteroatoms. The van der Waals surface area contributed by atoms with Crippen molar-refractivity contribution in [2.45, 2.75) is 13.8 Å². The Morgan fingerprint density at radius 1 is 1.36 bits per heavy atom. The molecule has 1 N–H and O–H groups in total. The van der Waals surface area contributed by atoms with Crippen molar-refractivity contribution in [3.05, 3.63) is 45.5 Å². The smallest absolute Gasteiger partial charge is 0.340 e. The molecule has 0 spiro atoms. The zero-order valence-corrected chi connectivity index (χ0v) is 12.2. The van der Waals surface area contributed by atoms with Crippen LogP contribution >= 0.6 is 0 Å². The maximum Gasteiger partial charge on any atom is 0.340 e. The minimum atomic E-state index is -0.670. The molecule has 0 bridgehead atoms. The van der Waals surface area contributed by atoms with Crippen LogP contribution in [-0.2, 0) is 4.74 Å². The number of carbonyl (C=O) groups excluding carboxylic acids is 1. The highest BCUT2D eigenvalue weighted by Crippen LogP contribution is 2.25. The van der Waals surface area contributed by atoms with Gasteiger partial charge in [-0.05, 0) is 31.5 Å². The number of esters is 1. The van der Waals surface area contributed by atoms with Crippen molar-refractivity contribution in [1.29, 1.82) is 0 Å². The number of aromatic nitrogens is 3. The third-order valence-corrected chi connectivity index (χ3v) is 3.67. The van der Waals surface area contributed by atoms with Crippen LogP contribution in [0.1, 0.15) is 21.6 Å². The topological polar surface area (TPSA) is 94.3 Å². The first-order chi connectivity index (χ1) is 10.5. The first kappa shape index (κ1) is 14.0. The lowest BCUT2D eigenvalue weighted by molar-refractivity contribution is 0.0598. The summed E-state index contributed by atoms with van der Waals surface area (Å²) in [6.07, 6.45) is 1.48. The molecule has 22 heavy (non-hydrogen) atoms. The van der Waals surface area contributed by atoms with Crippen LogP contribution in [0.4, 0.5) is 0 Å². The van der Waals surface area contributed by atoms with E-state index in [-0.39, 0.29) is 16.6 Å². The summed E-state index contributed by atoms with van der Waals surface area (Å²) in [4.78, 5) is 32.7. The third-order valence-electron chi connectivity index (χ3n) is 3.67. The summed E-state index contributed by atoms with van der Waals surface area (Å²) in [6, 6.07) is 3.40. The van der Waals surface area contributed by atoms with Gasteiger partial charge in [0.25, 0.3) is 5.56 Å². The zero-order chi connectivity index (χ0) is 16.0. The van der Waals surface area contributed by atoms with Crippen molar-refractivity contribution in [3.8, 4) is 0 Å². The van der Waals surface area contributed by atoms with E-state index in [0.717, 1.165) is 0 Å². The molecular weight excluding hydrogens is 286 g/mol. The Balaban J connectivity index is 2.62. The van der Waals surface area contributed by atoms with Crippen LogP contribution in [-0.4, -0.2) is 33.0 Å². The number of rotatable bonds is 1. The monoisotopic (exact) mass is 299 g/mol. The van der Waals surface area contributed by atoms with Gasteiger partial charge in [0.1, 0.15) is 0 Å². The van der Waals surface area contributed by atoms with E-state index in [9.17, 15) is 14.8 Å². The van der Waals surface area contributed by atoms with Crippen LogP contribution in [0.25, 0.3) is 21.9 Å². The molecular formula is C15H13N3O4. The van der Waals surface area contributed by atoms with Crippen LogP contribution < -0.4 is 5.56 Å². The first-order valence-corrected chi connectivity index (χ1v) is 6.55. The second-order valence-electron chi connectivity index (χ2n) is 4.90. The van der Waals surface area contributed by atoms with E-state index in [1.807, 2.05) is 0 Å². The van der Waals surface area contributed by atoms with E-state index in [2.05, 4.69) is 9.97 Å². The van der Waals surface area contributed by atoms with E-state index in [1.54, 1.807) is 26.0 Å². The van der Waals surface area contributed by atoms with Crippen LogP contribution in [0, 0.1) is 13.8 Å². The summed E-state index contributed by atoms with van der Waals surface area (Å²) >= 11 is 0. The summed E-state index contributed by atoms with van der Waals surface area (Å²) in [5.41, 5.74) is 0.967. The molecule has 0 aliphatic carbocycles. The predicted molar refractivity (Wildman–Crippen MR) is 79.3 cm³/mol. The Labute approximate surface area is 124 Å². The highest BCUT2D eigenvalue weighted by Gasteiger charge is 2.21. The molecule has 112 valence electrons. The molecule has 0 amide bonds. The number of nitrogens with zero attached hydrogens (tertiary/aromatic N) is 3. The van der Waals surface area contributed by atoms with Gasteiger partial charge < -0.3 is 9.94 Å². The highest BCUT2D eigenvalue weighted by molar-refractivity contribution is 6.06. The molecule has 3 rings (SSSR count). The van der Waals surface area contributed by atoms with Crippen LogP contribution in [0.15, 0.2) is 23.1 Å². The summed E-state index contributed by atoms with van der Waals surface area (Å²) in [7, 11) is 1.26. The van der Waals surface area contributed by atoms with Gasteiger partial charge in [-0.15, -0.1) is 4.73 Å². The molecule has 7 nitrogen and oxygen atoms in total. The van der Waals surface area contributed by atoms with Gasteiger partial charge in [0.2, 0.25) is 0 Å². The summed E-state index contributed by atoms with van der Waals surface area (Å²) in [6.45, 7) is 3.30. The molecule has 3 heterocycles. The van der Waals surface area contributed by atoms with Gasteiger partial charge in [-0.2, -0.15) is 0 Å². The van der Waals surface area contributed by atoms with E-state index < -0.39 is 11.5 Å². The molecule has 0 radical (unpaired) electrons. The lowest BCUT2D eigenvalue weighted by atomic mass is 10.0.